The Morgan fingerprint density at radius 3 is 2.23 bits per heavy atom. The van der Waals surface area contributed by atoms with Crippen molar-refractivity contribution < 1.29 is 27.1 Å². The molecular formula is C25H34FN3O5S. The molecule has 0 heterocycles. The van der Waals surface area contributed by atoms with Crippen LogP contribution in [0, 0.1) is 12.7 Å². The van der Waals surface area contributed by atoms with Crippen LogP contribution in [0.4, 0.5) is 10.1 Å². The van der Waals surface area contributed by atoms with E-state index in [0.717, 1.165) is 16.1 Å². The zero-order valence-corrected chi connectivity index (χ0v) is 22.1. The van der Waals surface area contributed by atoms with E-state index in [1.165, 1.54) is 36.3 Å². The van der Waals surface area contributed by atoms with Crippen LogP contribution in [0.15, 0.2) is 42.5 Å². The Kier molecular flexibility index (Phi) is 8.89. The van der Waals surface area contributed by atoms with Crippen molar-refractivity contribution in [1.82, 2.24) is 10.2 Å². The molecule has 0 aromatic heterocycles. The maximum Gasteiger partial charge on any atom is 0.244 e. The fourth-order valence-electron chi connectivity index (χ4n) is 3.43. The second kappa shape index (κ2) is 11.1. The summed E-state index contributed by atoms with van der Waals surface area (Å²) in [6, 6.07) is 9.65. The molecule has 2 amide bonds. The van der Waals surface area contributed by atoms with Crippen molar-refractivity contribution in [2.24, 2.45) is 0 Å². The van der Waals surface area contributed by atoms with E-state index in [1.54, 1.807) is 32.0 Å². The van der Waals surface area contributed by atoms with Gasteiger partial charge in [-0.25, -0.2) is 12.8 Å². The van der Waals surface area contributed by atoms with Crippen molar-refractivity contribution in [2.75, 3.05) is 24.2 Å². The summed E-state index contributed by atoms with van der Waals surface area (Å²) in [4.78, 5) is 27.8. The second-order valence-corrected chi connectivity index (χ2v) is 11.4. The van der Waals surface area contributed by atoms with Crippen molar-refractivity contribution >= 4 is 27.5 Å². The zero-order valence-electron chi connectivity index (χ0n) is 21.3. The lowest BCUT2D eigenvalue weighted by Crippen LogP contribution is -2.54. The average Bonchev–Trinajstić information content (AvgIpc) is 2.74. The van der Waals surface area contributed by atoms with Gasteiger partial charge in [0, 0.05) is 12.1 Å². The van der Waals surface area contributed by atoms with E-state index in [0.29, 0.717) is 5.56 Å². The molecule has 0 spiro atoms. The van der Waals surface area contributed by atoms with Crippen LogP contribution >= 0.6 is 0 Å². The number of ether oxygens (including phenoxy) is 1. The first kappa shape index (κ1) is 28.1. The van der Waals surface area contributed by atoms with Crippen LogP contribution in [-0.4, -0.2) is 56.6 Å². The number of halogens is 1. The van der Waals surface area contributed by atoms with Crippen molar-refractivity contribution in [3.05, 3.63) is 59.4 Å². The summed E-state index contributed by atoms with van der Waals surface area (Å²) in [5.41, 5.74) is 1.05. The molecule has 35 heavy (non-hydrogen) atoms. The number of carbonyl (C=O) groups excluding carboxylic acids is 2. The Balaban J connectivity index is 2.47. The molecule has 10 heteroatoms. The van der Waals surface area contributed by atoms with Gasteiger partial charge in [-0.1, -0.05) is 18.2 Å². The smallest absolute Gasteiger partial charge is 0.244 e. The Morgan fingerprint density at radius 2 is 1.71 bits per heavy atom. The molecule has 8 nitrogen and oxygen atoms in total. The van der Waals surface area contributed by atoms with E-state index in [2.05, 4.69) is 5.32 Å². The van der Waals surface area contributed by atoms with Gasteiger partial charge in [0.25, 0.3) is 0 Å². The number of nitrogens with zero attached hydrogens (tertiary/aromatic N) is 2. The molecule has 1 N–H and O–H groups in total. The number of aryl methyl sites for hydroxylation is 1. The third-order valence-electron chi connectivity index (χ3n) is 5.21. The molecule has 0 aliphatic carbocycles. The minimum Gasteiger partial charge on any atom is -0.495 e. The Morgan fingerprint density at radius 1 is 1.11 bits per heavy atom. The summed E-state index contributed by atoms with van der Waals surface area (Å²) in [6.07, 6.45) is 1.00. The molecule has 192 valence electrons. The number of benzene rings is 2. The standard InChI is InChI=1S/C25H34FN3O5S/c1-17-8-13-22(34-6)21(14-17)29(35(7,32)33)16-23(30)28(15-19-9-11-20(26)12-10-19)18(2)24(31)27-25(3,4)5/h8-14,18H,15-16H2,1-7H3,(H,27,31). The Hall–Kier alpha value is -3.14. The molecular weight excluding hydrogens is 473 g/mol. The highest BCUT2D eigenvalue weighted by atomic mass is 32.2. The molecule has 2 aromatic rings. The first-order valence-corrected chi connectivity index (χ1v) is 13.0. The van der Waals surface area contributed by atoms with Gasteiger partial charge in [-0.2, -0.15) is 0 Å². The van der Waals surface area contributed by atoms with Crippen LogP contribution in [0.25, 0.3) is 0 Å². The third-order valence-corrected chi connectivity index (χ3v) is 6.34. The second-order valence-electron chi connectivity index (χ2n) is 9.51. The predicted molar refractivity (Wildman–Crippen MR) is 134 cm³/mol. The number of hydrogen-bond donors (Lipinski definition) is 1. The van der Waals surface area contributed by atoms with E-state index >= 15 is 0 Å². The predicted octanol–water partition coefficient (Wildman–Crippen LogP) is 3.24. The normalized spacial score (nSPS) is 12.6. The van der Waals surface area contributed by atoms with E-state index in [1.807, 2.05) is 20.8 Å². The maximum absolute atomic E-state index is 13.6. The average molecular weight is 508 g/mol. The van der Waals surface area contributed by atoms with Gasteiger partial charge in [0.1, 0.15) is 24.2 Å². The van der Waals surface area contributed by atoms with Gasteiger partial charge in [0.2, 0.25) is 21.8 Å². The van der Waals surface area contributed by atoms with E-state index in [4.69, 9.17) is 4.74 Å². The lowest BCUT2D eigenvalue weighted by molar-refractivity contribution is -0.140. The van der Waals surface area contributed by atoms with Gasteiger partial charge in [-0.05, 0) is 70.0 Å². The first-order valence-electron chi connectivity index (χ1n) is 11.1. The number of hydrogen-bond acceptors (Lipinski definition) is 5. The number of amides is 2. The van der Waals surface area contributed by atoms with Crippen LogP contribution in [-0.2, 0) is 26.2 Å². The number of rotatable bonds is 9. The molecule has 1 atom stereocenters. The highest BCUT2D eigenvalue weighted by Gasteiger charge is 2.32. The summed E-state index contributed by atoms with van der Waals surface area (Å²) in [5.74, 6) is -1.13. The van der Waals surface area contributed by atoms with Crippen LogP contribution in [0.3, 0.4) is 0 Å². The monoisotopic (exact) mass is 507 g/mol. The molecule has 0 saturated heterocycles. The number of methoxy groups -OCH3 is 1. The van der Waals surface area contributed by atoms with Crippen LogP contribution < -0.4 is 14.4 Å². The van der Waals surface area contributed by atoms with Gasteiger partial charge in [-0.3, -0.25) is 13.9 Å². The van der Waals surface area contributed by atoms with Gasteiger partial charge >= 0.3 is 0 Å². The summed E-state index contributed by atoms with van der Waals surface area (Å²) in [6.45, 7) is 8.26. The van der Waals surface area contributed by atoms with E-state index in [9.17, 15) is 22.4 Å². The highest BCUT2D eigenvalue weighted by molar-refractivity contribution is 7.92. The molecule has 0 fully saturated rings. The topological polar surface area (TPSA) is 96.0 Å². The molecule has 1 unspecified atom stereocenters. The van der Waals surface area contributed by atoms with Crippen LogP contribution in [0.2, 0.25) is 0 Å². The molecule has 2 aromatic carbocycles. The van der Waals surface area contributed by atoms with E-state index in [-0.39, 0.29) is 18.0 Å². The van der Waals surface area contributed by atoms with Gasteiger partial charge in [0.05, 0.1) is 19.1 Å². The SMILES string of the molecule is COc1ccc(C)cc1N(CC(=O)N(Cc1ccc(F)cc1)C(C)C(=O)NC(C)(C)C)S(C)(=O)=O. The number of nitrogens with one attached hydrogen (secondary N) is 1. The van der Waals surface area contributed by atoms with Crippen molar-refractivity contribution in [3.8, 4) is 5.75 Å². The molecule has 2 rings (SSSR count). The third kappa shape index (κ3) is 7.95. The van der Waals surface area contributed by atoms with Gasteiger partial charge < -0.3 is 15.0 Å². The number of carbonyl (C=O) groups is 2. The maximum atomic E-state index is 13.6. The molecule has 0 bridgehead atoms. The number of sulfonamides is 1. The first-order chi connectivity index (χ1) is 16.1. The van der Waals surface area contributed by atoms with Gasteiger partial charge in [-0.15, -0.1) is 0 Å². The molecule has 0 radical (unpaired) electrons. The highest BCUT2D eigenvalue weighted by Crippen LogP contribution is 2.31. The molecule has 0 aliphatic heterocycles. The zero-order chi connectivity index (χ0) is 26.6. The lowest BCUT2D eigenvalue weighted by Gasteiger charge is -2.33. The van der Waals surface area contributed by atoms with Crippen LogP contribution in [0.5, 0.6) is 5.75 Å². The van der Waals surface area contributed by atoms with Gasteiger partial charge in [0.15, 0.2) is 0 Å². The summed E-state index contributed by atoms with van der Waals surface area (Å²) < 4.78 is 45.2. The minimum atomic E-state index is -3.89. The lowest BCUT2D eigenvalue weighted by atomic mass is 10.1. The minimum absolute atomic E-state index is 0.0135. The van der Waals surface area contributed by atoms with Crippen molar-refractivity contribution in [1.29, 1.82) is 0 Å². The fourth-order valence-corrected chi connectivity index (χ4v) is 4.28. The summed E-state index contributed by atoms with van der Waals surface area (Å²) in [5, 5.41) is 2.85. The van der Waals surface area contributed by atoms with Crippen molar-refractivity contribution in [3.63, 3.8) is 0 Å². The molecule has 0 aliphatic rings. The summed E-state index contributed by atoms with van der Waals surface area (Å²) in [7, 11) is -2.48. The largest absolute Gasteiger partial charge is 0.495 e. The van der Waals surface area contributed by atoms with Crippen LogP contribution in [0.1, 0.15) is 38.8 Å². The fraction of sp³-hybridized carbons (Fsp3) is 0.440. The quantitative estimate of drug-likeness (QED) is 0.562. The molecule has 0 saturated carbocycles. The Labute approximate surface area is 207 Å². The van der Waals surface area contributed by atoms with Crippen molar-refractivity contribution in [2.45, 2.75) is 52.7 Å². The van der Waals surface area contributed by atoms with E-state index < -0.39 is 45.8 Å². The summed E-state index contributed by atoms with van der Waals surface area (Å²) >= 11 is 0. The number of anilines is 1. The Bertz CT molecular complexity index is 1160.